The first-order valence-electron chi connectivity index (χ1n) is 8.69. The summed E-state index contributed by atoms with van der Waals surface area (Å²) in [5, 5.41) is 2.30. The van der Waals surface area contributed by atoms with Gasteiger partial charge in [0.25, 0.3) is 5.91 Å². The fourth-order valence-corrected chi connectivity index (χ4v) is 3.90. The molecule has 2 saturated heterocycles. The number of imide groups is 1. The molecule has 3 amide bonds. The standard InChI is InChI=1S/C18H20FN3O3/c19-12-2-1-7-21(10-12)13-4-3-11-9-22(18(25)14(11)8-13)15-5-6-16(23)20-17(15)24/h3-4,8,12,15H,1-2,5-7,9-10H2,(H,20,23,24). The quantitative estimate of drug-likeness (QED) is 0.823. The molecule has 3 heterocycles. The highest BCUT2D eigenvalue weighted by atomic mass is 19.1. The molecule has 0 saturated carbocycles. The monoisotopic (exact) mass is 345 g/mol. The summed E-state index contributed by atoms with van der Waals surface area (Å²) >= 11 is 0. The van der Waals surface area contributed by atoms with E-state index in [-0.39, 0.29) is 18.2 Å². The summed E-state index contributed by atoms with van der Waals surface area (Å²) < 4.78 is 13.7. The van der Waals surface area contributed by atoms with Gasteiger partial charge in [-0.2, -0.15) is 0 Å². The Kier molecular flexibility index (Phi) is 3.94. The van der Waals surface area contributed by atoms with E-state index >= 15 is 0 Å². The number of nitrogens with one attached hydrogen (secondary N) is 1. The number of hydrogen-bond donors (Lipinski definition) is 1. The van der Waals surface area contributed by atoms with E-state index in [4.69, 9.17) is 0 Å². The largest absolute Gasteiger partial charge is 0.369 e. The van der Waals surface area contributed by atoms with Crippen LogP contribution in [0.2, 0.25) is 0 Å². The minimum absolute atomic E-state index is 0.194. The second-order valence-electron chi connectivity index (χ2n) is 6.93. The van der Waals surface area contributed by atoms with Gasteiger partial charge in [0.1, 0.15) is 12.2 Å². The molecular weight excluding hydrogens is 325 g/mol. The molecule has 0 aromatic heterocycles. The molecule has 0 spiro atoms. The van der Waals surface area contributed by atoms with Gasteiger partial charge in [-0.3, -0.25) is 19.7 Å². The average Bonchev–Trinajstić information content (AvgIpc) is 2.91. The van der Waals surface area contributed by atoms with E-state index in [0.29, 0.717) is 31.5 Å². The van der Waals surface area contributed by atoms with Gasteiger partial charge in [-0.1, -0.05) is 6.07 Å². The molecule has 0 aliphatic carbocycles. The van der Waals surface area contributed by atoms with Gasteiger partial charge in [0.2, 0.25) is 11.8 Å². The Morgan fingerprint density at radius 3 is 2.76 bits per heavy atom. The minimum atomic E-state index is -0.835. The van der Waals surface area contributed by atoms with Gasteiger partial charge in [0, 0.05) is 37.3 Å². The zero-order valence-corrected chi connectivity index (χ0v) is 13.8. The van der Waals surface area contributed by atoms with E-state index in [9.17, 15) is 18.8 Å². The molecule has 6 nitrogen and oxygen atoms in total. The molecule has 1 aromatic carbocycles. The van der Waals surface area contributed by atoms with Crippen molar-refractivity contribution in [3.05, 3.63) is 29.3 Å². The normalized spacial score (nSPS) is 26.7. The first-order valence-corrected chi connectivity index (χ1v) is 8.69. The number of rotatable bonds is 2. The van der Waals surface area contributed by atoms with Crippen LogP contribution in [0.15, 0.2) is 18.2 Å². The number of piperidine rings is 2. The van der Waals surface area contributed by atoms with Crippen LogP contribution in [0.3, 0.4) is 0 Å². The van der Waals surface area contributed by atoms with Crippen molar-refractivity contribution in [3.63, 3.8) is 0 Å². The topological polar surface area (TPSA) is 69.7 Å². The highest BCUT2D eigenvalue weighted by molar-refractivity contribution is 6.05. The summed E-state index contributed by atoms with van der Waals surface area (Å²) in [7, 11) is 0. The Hall–Kier alpha value is -2.44. The summed E-state index contributed by atoms with van der Waals surface area (Å²) in [6.45, 7) is 1.50. The lowest BCUT2D eigenvalue weighted by Gasteiger charge is -2.31. The number of hydrogen-bond acceptors (Lipinski definition) is 4. The van der Waals surface area contributed by atoms with E-state index in [0.717, 1.165) is 24.2 Å². The van der Waals surface area contributed by atoms with Crippen molar-refractivity contribution in [1.82, 2.24) is 10.2 Å². The van der Waals surface area contributed by atoms with E-state index in [2.05, 4.69) is 5.32 Å². The summed E-state index contributed by atoms with van der Waals surface area (Å²) in [6.07, 6.45) is 1.15. The highest BCUT2D eigenvalue weighted by Gasteiger charge is 2.39. The molecule has 132 valence electrons. The Morgan fingerprint density at radius 1 is 1.16 bits per heavy atom. The van der Waals surface area contributed by atoms with E-state index in [1.165, 1.54) is 4.90 Å². The predicted molar refractivity (Wildman–Crippen MR) is 88.8 cm³/mol. The fraction of sp³-hybridized carbons (Fsp3) is 0.500. The molecule has 1 aromatic rings. The smallest absolute Gasteiger partial charge is 0.255 e. The molecule has 2 fully saturated rings. The number of benzene rings is 1. The van der Waals surface area contributed by atoms with Crippen molar-refractivity contribution in [2.75, 3.05) is 18.0 Å². The van der Waals surface area contributed by atoms with Crippen molar-refractivity contribution < 1.29 is 18.8 Å². The van der Waals surface area contributed by atoms with Crippen molar-refractivity contribution in [2.45, 2.75) is 44.4 Å². The Labute approximate surface area is 145 Å². The fourth-order valence-electron chi connectivity index (χ4n) is 3.90. The lowest BCUT2D eigenvalue weighted by Crippen LogP contribution is -2.52. The first kappa shape index (κ1) is 16.1. The summed E-state index contributed by atoms with van der Waals surface area (Å²) in [4.78, 5) is 39.7. The number of anilines is 1. The van der Waals surface area contributed by atoms with E-state index < -0.39 is 18.1 Å². The third-order valence-electron chi connectivity index (χ3n) is 5.24. The van der Waals surface area contributed by atoms with Gasteiger partial charge in [-0.25, -0.2) is 4.39 Å². The van der Waals surface area contributed by atoms with Gasteiger partial charge in [0.15, 0.2) is 0 Å². The molecule has 1 N–H and O–H groups in total. The minimum Gasteiger partial charge on any atom is -0.369 e. The van der Waals surface area contributed by atoms with Crippen LogP contribution in [-0.4, -0.2) is 47.9 Å². The molecule has 3 aliphatic heterocycles. The van der Waals surface area contributed by atoms with Crippen LogP contribution in [0.5, 0.6) is 0 Å². The van der Waals surface area contributed by atoms with E-state index in [1.54, 1.807) is 0 Å². The molecular formula is C18H20FN3O3. The number of carbonyl (C=O) groups excluding carboxylic acids is 3. The number of carbonyl (C=O) groups is 3. The molecule has 0 bridgehead atoms. The zero-order chi connectivity index (χ0) is 17.6. The average molecular weight is 345 g/mol. The molecule has 25 heavy (non-hydrogen) atoms. The van der Waals surface area contributed by atoms with Crippen LogP contribution in [0.4, 0.5) is 10.1 Å². The van der Waals surface area contributed by atoms with Crippen molar-refractivity contribution >= 4 is 23.4 Å². The SMILES string of the molecule is O=C1CCC(N2Cc3ccc(N4CCCC(F)C4)cc3C2=O)C(=O)N1. The molecule has 2 atom stereocenters. The third-order valence-corrected chi connectivity index (χ3v) is 5.24. The zero-order valence-electron chi connectivity index (χ0n) is 13.8. The van der Waals surface area contributed by atoms with Gasteiger partial charge < -0.3 is 9.80 Å². The van der Waals surface area contributed by atoms with Crippen LogP contribution in [0, 0.1) is 0 Å². The van der Waals surface area contributed by atoms with Crippen molar-refractivity contribution in [3.8, 4) is 0 Å². The van der Waals surface area contributed by atoms with Gasteiger partial charge in [-0.15, -0.1) is 0 Å². The lowest BCUT2D eigenvalue weighted by atomic mass is 10.0. The summed E-state index contributed by atoms with van der Waals surface area (Å²) in [5.74, 6) is -0.896. The number of amides is 3. The molecule has 0 radical (unpaired) electrons. The van der Waals surface area contributed by atoms with Gasteiger partial charge in [0.05, 0.1) is 0 Å². The van der Waals surface area contributed by atoms with Gasteiger partial charge >= 0.3 is 0 Å². The summed E-state index contributed by atoms with van der Waals surface area (Å²) in [5.41, 5.74) is 2.29. The molecule has 4 rings (SSSR count). The number of halogens is 1. The Balaban J connectivity index is 1.55. The first-order chi connectivity index (χ1) is 12.0. The van der Waals surface area contributed by atoms with Crippen LogP contribution in [0.1, 0.15) is 41.6 Å². The second kappa shape index (κ2) is 6.13. The maximum absolute atomic E-state index is 13.7. The Bertz CT molecular complexity index is 751. The predicted octanol–water partition coefficient (Wildman–Crippen LogP) is 1.39. The van der Waals surface area contributed by atoms with Crippen LogP contribution < -0.4 is 10.2 Å². The van der Waals surface area contributed by atoms with Gasteiger partial charge in [-0.05, 0) is 37.0 Å². The highest BCUT2D eigenvalue weighted by Crippen LogP contribution is 2.31. The van der Waals surface area contributed by atoms with Crippen molar-refractivity contribution in [1.29, 1.82) is 0 Å². The number of fused-ring (bicyclic) bond motifs is 1. The van der Waals surface area contributed by atoms with Crippen LogP contribution >= 0.6 is 0 Å². The third kappa shape index (κ3) is 2.88. The van der Waals surface area contributed by atoms with E-state index in [1.807, 2.05) is 23.1 Å². The van der Waals surface area contributed by atoms with Crippen LogP contribution in [0.25, 0.3) is 0 Å². The molecule has 7 heteroatoms. The van der Waals surface area contributed by atoms with Crippen molar-refractivity contribution in [2.24, 2.45) is 0 Å². The maximum Gasteiger partial charge on any atom is 0.255 e. The molecule has 2 unspecified atom stereocenters. The lowest BCUT2D eigenvalue weighted by molar-refractivity contribution is -0.136. The molecule has 3 aliphatic rings. The number of nitrogens with zero attached hydrogens (tertiary/aromatic N) is 2. The second-order valence-corrected chi connectivity index (χ2v) is 6.93. The maximum atomic E-state index is 13.7. The summed E-state index contributed by atoms with van der Waals surface area (Å²) in [6, 6.07) is 5.00. The number of alkyl halides is 1. The Morgan fingerprint density at radius 2 is 2.00 bits per heavy atom. The van der Waals surface area contributed by atoms with Crippen LogP contribution in [-0.2, 0) is 16.1 Å².